The van der Waals surface area contributed by atoms with Crippen molar-refractivity contribution in [2.75, 3.05) is 12.4 Å². The Bertz CT molecular complexity index is 1160. The zero-order valence-corrected chi connectivity index (χ0v) is 17.9. The van der Waals surface area contributed by atoms with Gasteiger partial charge in [-0.25, -0.2) is 4.79 Å². The number of ether oxygens (including phenoxy) is 2. The van der Waals surface area contributed by atoms with Crippen molar-refractivity contribution >= 4 is 35.2 Å². The van der Waals surface area contributed by atoms with Crippen molar-refractivity contribution in [3.63, 3.8) is 0 Å². The van der Waals surface area contributed by atoms with E-state index in [1.54, 1.807) is 72.8 Å². The van der Waals surface area contributed by atoms with Crippen LogP contribution in [0.25, 0.3) is 6.08 Å². The third kappa shape index (κ3) is 6.21. The molecule has 0 aliphatic heterocycles. The zero-order chi connectivity index (χ0) is 22.9. The second-order valence-electron chi connectivity index (χ2n) is 6.68. The number of carbonyl (C=O) groups excluding carboxylic acids is 2. The highest BCUT2D eigenvalue weighted by Gasteiger charge is 2.10. The lowest BCUT2D eigenvalue weighted by atomic mass is 10.1. The van der Waals surface area contributed by atoms with Crippen LogP contribution in [0.3, 0.4) is 0 Å². The number of esters is 1. The molecular weight excluding hydrogens is 428 g/mol. The molecule has 7 heteroatoms. The SMILES string of the molecule is COC(=O)c1ccc(COc2ccc(C=C(C#N)C(=O)Nc3ccc(Cl)cc3)cc2)cc1. The Kier molecular flexibility index (Phi) is 7.63. The second-order valence-corrected chi connectivity index (χ2v) is 7.11. The molecule has 3 rings (SSSR count). The molecule has 0 fully saturated rings. The Balaban J connectivity index is 1.60. The van der Waals surface area contributed by atoms with Crippen LogP contribution in [0.2, 0.25) is 5.02 Å². The van der Waals surface area contributed by atoms with Crippen molar-refractivity contribution in [3.05, 3.63) is 100 Å². The van der Waals surface area contributed by atoms with Crippen LogP contribution in [0.4, 0.5) is 5.69 Å². The minimum absolute atomic E-state index is 0.0284. The minimum Gasteiger partial charge on any atom is -0.489 e. The number of rotatable bonds is 7. The summed E-state index contributed by atoms with van der Waals surface area (Å²) in [6, 6.07) is 22.5. The highest BCUT2D eigenvalue weighted by Crippen LogP contribution is 2.18. The lowest BCUT2D eigenvalue weighted by Gasteiger charge is -2.08. The Labute approximate surface area is 190 Å². The Morgan fingerprint density at radius 3 is 2.25 bits per heavy atom. The molecule has 3 aromatic carbocycles. The van der Waals surface area contributed by atoms with Gasteiger partial charge in [0.15, 0.2) is 0 Å². The van der Waals surface area contributed by atoms with E-state index < -0.39 is 5.91 Å². The second kappa shape index (κ2) is 10.8. The summed E-state index contributed by atoms with van der Waals surface area (Å²) >= 11 is 5.83. The number of nitrogens with zero attached hydrogens (tertiary/aromatic N) is 1. The number of benzene rings is 3. The van der Waals surface area contributed by atoms with E-state index in [1.165, 1.54) is 13.2 Å². The lowest BCUT2D eigenvalue weighted by molar-refractivity contribution is -0.112. The fourth-order valence-corrected chi connectivity index (χ4v) is 2.85. The van der Waals surface area contributed by atoms with Crippen LogP contribution >= 0.6 is 11.6 Å². The average molecular weight is 447 g/mol. The normalized spacial score (nSPS) is 10.7. The van der Waals surface area contributed by atoms with Crippen LogP contribution in [0, 0.1) is 11.3 Å². The maximum absolute atomic E-state index is 12.4. The van der Waals surface area contributed by atoms with Gasteiger partial charge in [0.05, 0.1) is 12.7 Å². The topological polar surface area (TPSA) is 88.4 Å². The van der Waals surface area contributed by atoms with Crippen LogP contribution < -0.4 is 10.1 Å². The summed E-state index contributed by atoms with van der Waals surface area (Å²) in [5, 5.41) is 12.6. The van der Waals surface area contributed by atoms with E-state index in [0.29, 0.717) is 34.2 Å². The van der Waals surface area contributed by atoms with Gasteiger partial charge in [0.1, 0.15) is 24.0 Å². The number of amides is 1. The van der Waals surface area contributed by atoms with Gasteiger partial charge >= 0.3 is 5.97 Å². The van der Waals surface area contributed by atoms with Gasteiger partial charge in [-0.15, -0.1) is 0 Å². The molecule has 0 saturated carbocycles. The highest BCUT2D eigenvalue weighted by atomic mass is 35.5. The molecule has 0 spiro atoms. The maximum atomic E-state index is 12.4. The van der Waals surface area contributed by atoms with Crippen LogP contribution in [-0.2, 0) is 16.1 Å². The van der Waals surface area contributed by atoms with Crippen LogP contribution in [0.5, 0.6) is 5.75 Å². The van der Waals surface area contributed by atoms with E-state index >= 15 is 0 Å². The van der Waals surface area contributed by atoms with Crippen LogP contribution in [0.15, 0.2) is 78.4 Å². The van der Waals surface area contributed by atoms with Gasteiger partial charge in [-0.05, 0) is 65.7 Å². The third-order valence-electron chi connectivity index (χ3n) is 4.44. The van der Waals surface area contributed by atoms with E-state index in [1.807, 2.05) is 6.07 Å². The van der Waals surface area contributed by atoms with Crippen LogP contribution in [-0.4, -0.2) is 19.0 Å². The Morgan fingerprint density at radius 1 is 1.00 bits per heavy atom. The molecule has 0 aromatic heterocycles. The number of hydrogen-bond donors (Lipinski definition) is 1. The number of hydrogen-bond acceptors (Lipinski definition) is 5. The molecule has 1 amide bonds. The van der Waals surface area contributed by atoms with Crippen molar-refractivity contribution in [2.24, 2.45) is 0 Å². The van der Waals surface area contributed by atoms with Gasteiger partial charge in [-0.2, -0.15) is 5.26 Å². The summed E-state index contributed by atoms with van der Waals surface area (Å²) in [5.74, 6) is -0.270. The van der Waals surface area contributed by atoms with E-state index in [4.69, 9.17) is 16.3 Å². The van der Waals surface area contributed by atoms with Gasteiger partial charge in [-0.3, -0.25) is 4.79 Å². The zero-order valence-electron chi connectivity index (χ0n) is 17.2. The van der Waals surface area contributed by atoms with E-state index in [-0.39, 0.29) is 11.5 Å². The van der Waals surface area contributed by atoms with Gasteiger partial charge < -0.3 is 14.8 Å². The van der Waals surface area contributed by atoms with E-state index in [0.717, 1.165) is 5.56 Å². The minimum atomic E-state index is -0.509. The quantitative estimate of drug-likeness (QED) is 0.304. The summed E-state index contributed by atoms with van der Waals surface area (Å²) in [4.78, 5) is 23.8. The van der Waals surface area contributed by atoms with Crippen molar-refractivity contribution in [1.82, 2.24) is 0 Å². The standard InChI is InChI=1S/C25H19ClN2O4/c1-31-25(30)19-6-2-18(3-7-19)16-32-23-12-4-17(5-13-23)14-20(15-27)24(29)28-22-10-8-21(26)9-11-22/h2-14H,16H2,1H3,(H,28,29). The maximum Gasteiger partial charge on any atom is 0.337 e. The molecule has 0 aliphatic rings. The predicted octanol–water partition coefficient (Wildman–Crippen LogP) is 5.25. The first-order chi connectivity index (χ1) is 15.5. The monoisotopic (exact) mass is 446 g/mol. The summed E-state index contributed by atoms with van der Waals surface area (Å²) in [6.45, 7) is 0.323. The molecule has 0 bridgehead atoms. The molecule has 0 saturated heterocycles. The molecule has 0 aliphatic carbocycles. The molecule has 0 heterocycles. The molecule has 0 unspecified atom stereocenters. The van der Waals surface area contributed by atoms with Gasteiger partial charge in [0.25, 0.3) is 5.91 Å². The Hall–Kier alpha value is -4.08. The van der Waals surface area contributed by atoms with Crippen molar-refractivity contribution in [3.8, 4) is 11.8 Å². The Morgan fingerprint density at radius 2 is 1.66 bits per heavy atom. The molecule has 1 N–H and O–H groups in total. The number of halogens is 1. The molecule has 3 aromatic rings. The first-order valence-electron chi connectivity index (χ1n) is 9.57. The summed E-state index contributed by atoms with van der Waals surface area (Å²) in [6.07, 6.45) is 1.50. The van der Waals surface area contributed by atoms with E-state index in [9.17, 15) is 14.9 Å². The molecule has 6 nitrogen and oxygen atoms in total. The number of carbonyl (C=O) groups is 2. The summed E-state index contributed by atoms with van der Waals surface area (Å²) in [5.41, 5.74) is 2.57. The summed E-state index contributed by atoms with van der Waals surface area (Å²) in [7, 11) is 1.34. The number of methoxy groups -OCH3 is 1. The first kappa shape index (κ1) is 22.6. The molecular formula is C25H19ClN2O4. The number of nitriles is 1. The third-order valence-corrected chi connectivity index (χ3v) is 4.69. The van der Waals surface area contributed by atoms with Crippen molar-refractivity contribution < 1.29 is 19.1 Å². The summed E-state index contributed by atoms with van der Waals surface area (Å²) < 4.78 is 10.4. The lowest BCUT2D eigenvalue weighted by Crippen LogP contribution is -2.13. The fraction of sp³-hybridized carbons (Fsp3) is 0.0800. The van der Waals surface area contributed by atoms with Crippen molar-refractivity contribution in [1.29, 1.82) is 5.26 Å². The number of nitrogens with one attached hydrogen (secondary N) is 1. The first-order valence-corrected chi connectivity index (χ1v) is 9.95. The molecule has 0 radical (unpaired) electrons. The van der Waals surface area contributed by atoms with Crippen LogP contribution in [0.1, 0.15) is 21.5 Å². The predicted molar refractivity (Wildman–Crippen MR) is 122 cm³/mol. The molecule has 160 valence electrons. The van der Waals surface area contributed by atoms with E-state index in [2.05, 4.69) is 10.1 Å². The molecule has 0 atom stereocenters. The fourth-order valence-electron chi connectivity index (χ4n) is 2.73. The average Bonchev–Trinajstić information content (AvgIpc) is 2.83. The smallest absolute Gasteiger partial charge is 0.337 e. The van der Waals surface area contributed by atoms with Gasteiger partial charge in [0.2, 0.25) is 0 Å². The van der Waals surface area contributed by atoms with Gasteiger partial charge in [0, 0.05) is 10.7 Å². The van der Waals surface area contributed by atoms with Crippen molar-refractivity contribution in [2.45, 2.75) is 6.61 Å². The largest absolute Gasteiger partial charge is 0.489 e. The molecule has 32 heavy (non-hydrogen) atoms. The van der Waals surface area contributed by atoms with Gasteiger partial charge in [-0.1, -0.05) is 35.9 Å². The highest BCUT2D eigenvalue weighted by molar-refractivity contribution is 6.30. The number of anilines is 1.